The number of carboxylic acids is 1. The molecule has 1 aromatic rings. The van der Waals surface area contributed by atoms with Crippen molar-refractivity contribution in [3.05, 3.63) is 42.0 Å². The minimum atomic E-state index is -0.935. The molecule has 0 spiro atoms. The van der Waals surface area contributed by atoms with E-state index in [2.05, 4.69) is 27.4 Å². The molecule has 1 saturated carbocycles. The number of carbonyl (C=O) groups is 2. The van der Waals surface area contributed by atoms with E-state index in [9.17, 15) is 14.7 Å². The van der Waals surface area contributed by atoms with Gasteiger partial charge in [0.2, 0.25) is 0 Å². The van der Waals surface area contributed by atoms with E-state index in [4.69, 9.17) is 9.84 Å². The number of esters is 1. The third kappa shape index (κ3) is 6.54. The lowest BCUT2D eigenvalue weighted by atomic mass is 9.75. The lowest BCUT2D eigenvalue weighted by Gasteiger charge is -2.36. The summed E-state index contributed by atoms with van der Waals surface area (Å²) in [5.41, 5.74) is 0.434. The third-order valence-electron chi connectivity index (χ3n) is 4.71. The van der Waals surface area contributed by atoms with Gasteiger partial charge in [-0.2, -0.15) is 0 Å². The summed E-state index contributed by atoms with van der Waals surface area (Å²) in [5, 5.41) is 17.6. The molecule has 0 amide bonds. The number of carbonyl (C=O) groups excluding carboxylic acids is 1. The van der Waals surface area contributed by atoms with Crippen molar-refractivity contribution in [2.75, 3.05) is 0 Å². The van der Waals surface area contributed by atoms with E-state index in [0.29, 0.717) is 17.8 Å². The van der Waals surface area contributed by atoms with Crippen LogP contribution < -0.4 is 0 Å². The number of hydrogen-bond donors (Lipinski definition) is 2. The SMILES string of the molecule is C=C(C)C(=O)O.CC1CCC(C(C)C)C(OC(=O)c2ccccc2O)C1. The van der Waals surface area contributed by atoms with Gasteiger partial charge >= 0.3 is 11.9 Å². The molecule has 0 saturated heterocycles. The highest BCUT2D eigenvalue weighted by Gasteiger charge is 2.33. The van der Waals surface area contributed by atoms with Crippen LogP contribution in [-0.2, 0) is 9.53 Å². The van der Waals surface area contributed by atoms with E-state index in [0.717, 1.165) is 12.8 Å². The minimum absolute atomic E-state index is 0.0116. The Morgan fingerprint density at radius 3 is 2.31 bits per heavy atom. The van der Waals surface area contributed by atoms with Crippen molar-refractivity contribution >= 4 is 11.9 Å². The van der Waals surface area contributed by atoms with Crippen LogP contribution in [0.15, 0.2) is 36.4 Å². The zero-order chi connectivity index (χ0) is 19.9. The smallest absolute Gasteiger partial charge is 0.342 e. The van der Waals surface area contributed by atoms with Gasteiger partial charge in [-0.25, -0.2) is 9.59 Å². The first-order valence-electron chi connectivity index (χ1n) is 9.01. The number of carboxylic acid groups (broad SMARTS) is 1. The number of aromatic hydroxyl groups is 1. The average molecular weight is 362 g/mol. The second-order valence-corrected chi connectivity index (χ2v) is 7.37. The van der Waals surface area contributed by atoms with E-state index in [1.807, 2.05) is 0 Å². The number of phenols is 1. The molecule has 0 radical (unpaired) electrons. The van der Waals surface area contributed by atoms with Crippen molar-refractivity contribution in [1.29, 1.82) is 0 Å². The first kappa shape index (κ1) is 21.7. The maximum absolute atomic E-state index is 12.2. The van der Waals surface area contributed by atoms with Gasteiger partial charge in [0.25, 0.3) is 0 Å². The fourth-order valence-corrected chi connectivity index (χ4v) is 3.10. The Kier molecular flexibility index (Phi) is 8.36. The Balaban J connectivity index is 0.000000487. The maximum atomic E-state index is 12.2. The van der Waals surface area contributed by atoms with Crippen LogP contribution >= 0.6 is 0 Å². The summed E-state index contributed by atoms with van der Waals surface area (Å²) in [6.07, 6.45) is 3.19. The molecule has 2 N–H and O–H groups in total. The van der Waals surface area contributed by atoms with Crippen molar-refractivity contribution in [3.63, 3.8) is 0 Å². The van der Waals surface area contributed by atoms with Gasteiger partial charge in [-0.15, -0.1) is 0 Å². The Hall–Kier alpha value is -2.30. The van der Waals surface area contributed by atoms with Gasteiger partial charge in [0.15, 0.2) is 0 Å². The second kappa shape index (κ2) is 10.00. The maximum Gasteiger partial charge on any atom is 0.342 e. The van der Waals surface area contributed by atoms with Gasteiger partial charge in [0.1, 0.15) is 17.4 Å². The Morgan fingerprint density at radius 1 is 1.23 bits per heavy atom. The van der Waals surface area contributed by atoms with Crippen molar-refractivity contribution in [2.45, 2.75) is 53.1 Å². The number of aliphatic carboxylic acids is 1. The molecule has 0 heterocycles. The lowest BCUT2D eigenvalue weighted by molar-refractivity contribution is -0.132. The lowest BCUT2D eigenvalue weighted by Crippen LogP contribution is -2.35. The number of rotatable bonds is 4. The highest BCUT2D eigenvalue weighted by molar-refractivity contribution is 5.92. The zero-order valence-corrected chi connectivity index (χ0v) is 16.1. The van der Waals surface area contributed by atoms with E-state index in [1.54, 1.807) is 18.2 Å². The fraction of sp³-hybridized carbons (Fsp3) is 0.524. The normalized spacial score (nSPS) is 22.1. The summed E-state index contributed by atoms with van der Waals surface area (Å²) in [6.45, 7) is 11.2. The van der Waals surface area contributed by atoms with Crippen molar-refractivity contribution in [3.8, 4) is 5.75 Å². The largest absolute Gasteiger partial charge is 0.507 e. The predicted octanol–water partition coefficient (Wildman–Crippen LogP) is 4.66. The van der Waals surface area contributed by atoms with Crippen LogP contribution in [0.4, 0.5) is 0 Å². The zero-order valence-electron chi connectivity index (χ0n) is 16.1. The molecule has 3 unspecified atom stereocenters. The van der Waals surface area contributed by atoms with Crippen LogP contribution in [0.1, 0.15) is 57.3 Å². The fourth-order valence-electron chi connectivity index (χ4n) is 3.10. The van der Waals surface area contributed by atoms with Gasteiger partial charge < -0.3 is 14.9 Å². The molecular formula is C21H30O5. The quantitative estimate of drug-likeness (QED) is 0.601. The molecule has 0 aliphatic heterocycles. The summed E-state index contributed by atoms with van der Waals surface area (Å²) in [7, 11) is 0. The molecule has 0 bridgehead atoms. The summed E-state index contributed by atoms with van der Waals surface area (Å²) < 4.78 is 5.70. The monoisotopic (exact) mass is 362 g/mol. The standard InChI is InChI=1S/C17H24O3.C4H6O2/c1-11(2)13-9-8-12(3)10-16(13)20-17(19)14-6-4-5-7-15(14)18;1-3(2)4(5)6/h4-7,11-13,16,18H,8-10H2,1-3H3;1H2,2H3,(H,5,6). The molecule has 5 heteroatoms. The Bertz CT molecular complexity index is 623. The molecule has 1 aromatic carbocycles. The summed E-state index contributed by atoms with van der Waals surface area (Å²) in [6, 6.07) is 6.56. The number of para-hydroxylation sites is 1. The predicted molar refractivity (Wildman–Crippen MR) is 101 cm³/mol. The topological polar surface area (TPSA) is 83.8 Å². The third-order valence-corrected chi connectivity index (χ3v) is 4.71. The molecule has 0 aromatic heterocycles. The van der Waals surface area contributed by atoms with Gasteiger partial charge in [-0.1, -0.05) is 45.9 Å². The van der Waals surface area contributed by atoms with Crippen molar-refractivity contribution in [2.24, 2.45) is 17.8 Å². The molecule has 2 rings (SSSR count). The molecule has 5 nitrogen and oxygen atoms in total. The van der Waals surface area contributed by atoms with Gasteiger partial charge in [0.05, 0.1) is 0 Å². The molecule has 1 aliphatic carbocycles. The minimum Gasteiger partial charge on any atom is -0.507 e. The Labute approximate surface area is 155 Å². The van der Waals surface area contributed by atoms with Crippen LogP contribution in [0.2, 0.25) is 0 Å². The van der Waals surface area contributed by atoms with Gasteiger partial charge in [0, 0.05) is 5.57 Å². The second-order valence-electron chi connectivity index (χ2n) is 7.37. The van der Waals surface area contributed by atoms with Gasteiger partial charge in [-0.05, 0) is 49.7 Å². The van der Waals surface area contributed by atoms with Crippen molar-refractivity contribution in [1.82, 2.24) is 0 Å². The number of hydrogen-bond acceptors (Lipinski definition) is 4. The first-order chi connectivity index (χ1) is 12.1. The number of benzene rings is 1. The van der Waals surface area contributed by atoms with Crippen LogP contribution in [0.3, 0.4) is 0 Å². The summed E-state index contributed by atoms with van der Waals surface area (Å²) in [5.74, 6) is 0.156. The number of ether oxygens (including phenoxy) is 1. The van der Waals surface area contributed by atoms with E-state index < -0.39 is 11.9 Å². The van der Waals surface area contributed by atoms with Crippen LogP contribution in [0.25, 0.3) is 0 Å². The van der Waals surface area contributed by atoms with E-state index in [-0.39, 0.29) is 23.0 Å². The molecule has 3 atom stereocenters. The van der Waals surface area contributed by atoms with Crippen LogP contribution in [-0.4, -0.2) is 28.3 Å². The van der Waals surface area contributed by atoms with Gasteiger partial charge in [-0.3, -0.25) is 0 Å². The molecule has 1 aliphatic rings. The van der Waals surface area contributed by atoms with Crippen LogP contribution in [0.5, 0.6) is 5.75 Å². The average Bonchev–Trinajstić information content (AvgIpc) is 2.55. The first-order valence-corrected chi connectivity index (χ1v) is 9.01. The molecule has 1 fully saturated rings. The van der Waals surface area contributed by atoms with E-state index in [1.165, 1.54) is 19.4 Å². The highest BCUT2D eigenvalue weighted by atomic mass is 16.5. The number of phenolic OH excluding ortho intramolecular Hbond substituents is 1. The van der Waals surface area contributed by atoms with Crippen molar-refractivity contribution < 1.29 is 24.5 Å². The molecular weight excluding hydrogens is 332 g/mol. The summed E-state index contributed by atoms with van der Waals surface area (Å²) in [4.78, 5) is 21.8. The molecule has 26 heavy (non-hydrogen) atoms. The van der Waals surface area contributed by atoms with Crippen LogP contribution in [0, 0.1) is 17.8 Å². The summed E-state index contributed by atoms with van der Waals surface area (Å²) >= 11 is 0. The Morgan fingerprint density at radius 2 is 1.81 bits per heavy atom. The highest BCUT2D eigenvalue weighted by Crippen LogP contribution is 2.36. The molecule has 144 valence electrons. The van der Waals surface area contributed by atoms with E-state index >= 15 is 0 Å².